The summed E-state index contributed by atoms with van der Waals surface area (Å²) in [5.41, 5.74) is 0. The lowest BCUT2D eigenvalue weighted by molar-refractivity contribution is -0.118. The van der Waals surface area contributed by atoms with Gasteiger partial charge in [0.05, 0.1) is 18.9 Å². The number of tetrazole rings is 1. The van der Waals surface area contributed by atoms with Gasteiger partial charge in [-0.05, 0) is 10.4 Å². The second kappa shape index (κ2) is 6.96. The summed E-state index contributed by atoms with van der Waals surface area (Å²) in [4.78, 5) is 11.3. The molecule has 0 saturated heterocycles. The van der Waals surface area contributed by atoms with E-state index in [0.717, 1.165) is 0 Å². The number of carbonyl (C=O) groups is 1. The van der Waals surface area contributed by atoms with Crippen molar-refractivity contribution in [3.8, 4) is 0 Å². The summed E-state index contributed by atoms with van der Waals surface area (Å²) >= 11 is 1.22. The highest BCUT2D eigenvalue weighted by Gasteiger charge is 2.08. The van der Waals surface area contributed by atoms with Crippen LogP contribution in [0, 0.1) is 0 Å². The monoisotopic (exact) mass is 243 g/mol. The van der Waals surface area contributed by atoms with Crippen molar-refractivity contribution in [3.05, 3.63) is 12.7 Å². The zero-order chi connectivity index (χ0) is 11.8. The van der Waals surface area contributed by atoms with E-state index in [1.165, 1.54) is 16.4 Å². The SMILES string of the molecule is C=CCNC(=O)CSc1nnnn1CCO. The quantitative estimate of drug-likeness (QED) is 0.474. The summed E-state index contributed by atoms with van der Waals surface area (Å²) in [6, 6.07) is 0. The van der Waals surface area contributed by atoms with Gasteiger partial charge in [0.25, 0.3) is 0 Å². The van der Waals surface area contributed by atoms with Crippen LogP contribution in [-0.2, 0) is 11.3 Å². The topological polar surface area (TPSA) is 92.9 Å². The van der Waals surface area contributed by atoms with Crippen LogP contribution in [0.5, 0.6) is 0 Å². The maximum absolute atomic E-state index is 11.3. The van der Waals surface area contributed by atoms with E-state index in [1.807, 2.05) is 0 Å². The highest BCUT2D eigenvalue weighted by molar-refractivity contribution is 7.99. The van der Waals surface area contributed by atoms with Gasteiger partial charge in [-0.1, -0.05) is 17.8 Å². The number of hydrogen-bond acceptors (Lipinski definition) is 6. The Morgan fingerprint density at radius 3 is 3.19 bits per heavy atom. The number of hydrogen-bond donors (Lipinski definition) is 2. The number of carbonyl (C=O) groups excluding carboxylic acids is 1. The van der Waals surface area contributed by atoms with Crippen LogP contribution >= 0.6 is 11.8 Å². The number of aliphatic hydroxyl groups is 1. The van der Waals surface area contributed by atoms with Crippen LogP contribution in [0.15, 0.2) is 17.8 Å². The summed E-state index contributed by atoms with van der Waals surface area (Å²) < 4.78 is 1.45. The van der Waals surface area contributed by atoms with Crippen molar-refractivity contribution < 1.29 is 9.90 Å². The van der Waals surface area contributed by atoms with Crippen molar-refractivity contribution in [2.75, 3.05) is 18.9 Å². The van der Waals surface area contributed by atoms with Gasteiger partial charge < -0.3 is 10.4 Å². The molecule has 0 spiro atoms. The Kier molecular flexibility index (Phi) is 5.51. The smallest absolute Gasteiger partial charge is 0.230 e. The molecular formula is C8H13N5O2S. The van der Waals surface area contributed by atoms with E-state index >= 15 is 0 Å². The van der Waals surface area contributed by atoms with Crippen LogP contribution in [-0.4, -0.2) is 50.1 Å². The van der Waals surface area contributed by atoms with E-state index in [1.54, 1.807) is 6.08 Å². The van der Waals surface area contributed by atoms with Gasteiger partial charge in [0, 0.05) is 6.54 Å². The average molecular weight is 243 g/mol. The van der Waals surface area contributed by atoms with Crippen LogP contribution in [0.25, 0.3) is 0 Å². The number of nitrogens with zero attached hydrogens (tertiary/aromatic N) is 4. The van der Waals surface area contributed by atoms with Crippen LogP contribution in [0.3, 0.4) is 0 Å². The third-order valence-electron chi connectivity index (χ3n) is 1.59. The highest BCUT2D eigenvalue weighted by Crippen LogP contribution is 2.12. The lowest BCUT2D eigenvalue weighted by atomic mass is 10.6. The molecule has 16 heavy (non-hydrogen) atoms. The Labute approximate surface area is 96.9 Å². The van der Waals surface area contributed by atoms with Gasteiger partial charge in [-0.25, -0.2) is 4.68 Å². The van der Waals surface area contributed by atoms with Gasteiger partial charge >= 0.3 is 0 Å². The number of aromatic nitrogens is 4. The number of thioether (sulfide) groups is 1. The summed E-state index contributed by atoms with van der Waals surface area (Å²) in [5, 5.41) is 22.8. The molecule has 0 aliphatic carbocycles. The molecule has 7 nitrogen and oxygen atoms in total. The lowest BCUT2D eigenvalue weighted by Gasteiger charge is -2.02. The molecule has 0 aliphatic rings. The molecule has 0 aliphatic heterocycles. The fraction of sp³-hybridized carbons (Fsp3) is 0.500. The van der Waals surface area contributed by atoms with Crippen molar-refractivity contribution in [1.82, 2.24) is 25.5 Å². The molecule has 8 heteroatoms. The molecule has 0 atom stereocenters. The van der Waals surface area contributed by atoms with E-state index in [-0.39, 0.29) is 18.3 Å². The zero-order valence-electron chi connectivity index (χ0n) is 8.67. The molecule has 1 aromatic heterocycles. The maximum Gasteiger partial charge on any atom is 0.230 e. The second-order valence-corrected chi connectivity index (χ2v) is 3.73. The molecule has 0 unspecified atom stereocenters. The molecule has 1 rings (SSSR count). The Morgan fingerprint density at radius 1 is 1.69 bits per heavy atom. The molecule has 1 aromatic rings. The maximum atomic E-state index is 11.3. The number of rotatable bonds is 7. The molecule has 0 saturated carbocycles. The molecule has 0 aromatic carbocycles. The molecule has 1 amide bonds. The van der Waals surface area contributed by atoms with Crippen molar-refractivity contribution in [1.29, 1.82) is 0 Å². The predicted molar refractivity (Wildman–Crippen MR) is 58.8 cm³/mol. The van der Waals surface area contributed by atoms with Gasteiger partial charge in [-0.3, -0.25) is 4.79 Å². The Morgan fingerprint density at radius 2 is 2.50 bits per heavy atom. The normalized spacial score (nSPS) is 10.1. The third kappa shape index (κ3) is 3.99. The summed E-state index contributed by atoms with van der Waals surface area (Å²) in [6.07, 6.45) is 1.61. The number of nitrogens with one attached hydrogen (secondary N) is 1. The number of amides is 1. The minimum atomic E-state index is -0.108. The first-order chi connectivity index (χ1) is 7.77. The molecule has 88 valence electrons. The van der Waals surface area contributed by atoms with Crippen LogP contribution in [0.1, 0.15) is 0 Å². The molecular weight excluding hydrogens is 230 g/mol. The van der Waals surface area contributed by atoms with Gasteiger partial charge in [0.2, 0.25) is 11.1 Å². The summed E-state index contributed by atoms with van der Waals surface area (Å²) in [5.74, 6) is 0.128. The Hall–Kier alpha value is -1.41. The zero-order valence-corrected chi connectivity index (χ0v) is 9.48. The van der Waals surface area contributed by atoms with Crippen molar-refractivity contribution in [2.45, 2.75) is 11.7 Å². The molecule has 2 N–H and O–H groups in total. The van der Waals surface area contributed by atoms with E-state index in [2.05, 4.69) is 27.4 Å². The van der Waals surface area contributed by atoms with E-state index in [9.17, 15) is 4.79 Å². The Bertz CT molecular complexity index is 354. The lowest BCUT2D eigenvalue weighted by Crippen LogP contribution is -2.25. The molecule has 0 radical (unpaired) electrons. The molecule has 0 bridgehead atoms. The first kappa shape index (κ1) is 12.7. The molecule has 0 fully saturated rings. The van der Waals surface area contributed by atoms with E-state index in [0.29, 0.717) is 18.2 Å². The van der Waals surface area contributed by atoms with Crippen LogP contribution in [0.2, 0.25) is 0 Å². The van der Waals surface area contributed by atoms with Crippen LogP contribution < -0.4 is 5.32 Å². The minimum absolute atomic E-state index is 0.0404. The minimum Gasteiger partial charge on any atom is -0.394 e. The number of aliphatic hydroxyl groups excluding tert-OH is 1. The van der Waals surface area contributed by atoms with Crippen LogP contribution in [0.4, 0.5) is 0 Å². The first-order valence-corrected chi connectivity index (χ1v) is 5.64. The third-order valence-corrected chi connectivity index (χ3v) is 2.54. The van der Waals surface area contributed by atoms with Gasteiger partial charge in [-0.15, -0.1) is 11.7 Å². The van der Waals surface area contributed by atoms with Gasteiger partial charge in [-0.2, -0.15) is 0 Å². The van der Waals surface area contributed by atoms with Gasteiger partial charge in [0.15, 0.2) is 0 Å². The standard InChI is InChI=1S/C8H13N5O2S/c1-2-3-9-7(15)6-16-8-10-11-12-13(8)4-5-14/h2,14H,1,3-6H2,(H,9,15). The fourth-order valence-electron chi connectivity index (χ4n) is 0.902. The predicted octanol–water partition coefficient (Wildman–Crippen LogP) is -0.940. The fourth-order valence-corrected chi connectivity index (χ4v) is 1.64. The van der Waals surface area contributed by atoms with Crippen molar-refractivity contribution in [3.63, 3.8) is 0 Å². The average Bonchev–Trinajstić information content (AvgIpc) is 2.72. The second-order valence-electron chi connectivity index (χ2n) is 2.79. The first-order valence-electron chi connectivity index (χ1n) is 4.65. The van der Waals surface area contributed by atoms with Crippen molar-refractivity contribution >= 4 is 17.7 Å². The molecule has 1 heterocycles. The Balaban J connectivity index is 2.38. The highest BCUT2D eigenvalue weighted by atomic mass is 32.2. The van der Waals surface area contributed by atoms with Crippen molar-refractivity contribution in [2.24, 2.45) is 0 Å². The van der Waals surface area contributed by atoms with Gasteiger partial charge in [0.1, 0.15) is 0 Å². The summed E-state index contributed by atoms with van der Waals surface area (Å²) in [6.45, 7) is 4.22. The summed E-state index contributed by atoms with van der Waals surface area (Å²) in [7, 11) is 0. The largest absolute Gasteiger partial charge is 0.394 e. The van der Waals surface area contributed by atoms with E-state index in [4.69, 9.17) is 5.11 Å². The van der Waals surface area contributed by atoms with E-state index < -0.39 is 0 Å².